The molecule has 1 aliphatic rings. The summed E-state index contributed by atoms with van der Waals surface area (Å²) in [5.41, 5.74) is 1.29. The number of amides is 1. The second-order valence-corrected chi connectivity index (χ2v) is 4.85. The third-order valence-electron chi connectivity index (χ3n) is 3.43. The lowest BCUT2D eigenvalue weighted by Crippen LogP contribution is -2.26. The Morgan fingerprint density at radius 2 is 2.11 bits per heavy atom. The van der Waals surface area contributed by atoms with Gasteiger partial charge in [0, 0.05) is 26.2 Å². The zero-order chi connectivity index (χ0) is 12.8. The Morgan fingerprint density at radius 1 is 1.33 bits per heavy atom. The Bertz CT molecular complexity index is 377. The van der Waals surface area contributed by atoms with Gasteiger partial charge >= 0.3 is 0 Å². The van der Waals surface area contributed by atoms with Crippen LogP contribution in [0.25, 0.3) is 0 Å². The van der Waals surface area contributed by atoms with E-state index in [4.69, 9.17) is 4.74 Å². The molecular formula is C15H21NO2. The van der Waals surface area contributed by atoms with E-state index in [1.165, 1.54) is 5.56 Å². The fourth-order valence-corrected chi connectivity index (χ4v) is 2.27. The lowest BCUT2D eigenvalue weighted by Gasteiger charge is -2.04. The molecule has 2 rings (SSSR count). The molecule has 3 nitrogen and oxygen atoms in total. The van der Waals surface area contributed by atoms with Gasteiger partial charge in [-0.25, -0.2) is 0 Å². The fraction of sp³-hybridized carbons (Fsp3) is 0.533. The average molecular weight is 247 g/mol. The van der Waals surface area contributed by atoms with Gasteiger partial charge in [0.2, 0.25) is 5.91 Å². The van der Waals surface area contributed by atoms with E-state index < -0.39 is 0 Å². The number of rotatable bonds is 7. The molecule has 1 aromatic carbocycles. The van der Waals surface area contributed by atoms with Gasteiger partial charge in [-0.1, -0.05) is 30.3 Å². The topological polar surface area (TPSA) is 38.3 Å². The molecule has 1 amide bonds. The van der Waals surface area contributed by atoms with Gasteiger partial charge in [-0.05, 0) is 30.7 Å². The molecule has 18 heavy (non-hydrogen) atoms. The number of unbranched alkanes of at least 4 members (excludes halogenated alkanes) is 1. The molecule has 1 aromatic rings. The van der Waals surface area contributed by atoms with Crippen LogP contribution in [0.5, 0.6) is 0 Å². The highest BCUT2D eigenvalue weighted by Crippen LogP contribution is 2.47. The molecule has 1 saturated carbocycles. The maximum atomic E-state index is 11.9. The molecule has 1 aliphatic carbocycles. The fourth-order valence-electron chi connectivity index (χ4n) is 2.27. The summed E-state index contributed by atoms with van der Waals surface area (Å²) in [6.07, 6.45) is 2.99. The number of hydrogen-bond donors (Lipinski definition) is 1. The van der Waals surface area contributed by atoms with Crippen molar-refractivity contribution in [2.75, 3.05) is 20.3 Å². The molecule has 3 heteroatoms. The lowest BCUT2D eigenvalue weighted by atomic mass is 10.1. The molecule has 0 aromatic heterocycles. The van der Waals surface area contributed by atoms with Gasteiger partial charge in [-0.3, -0.25) is 4.79 Å². The molecule has 0 spiro atoms. The zero-order valence-electron chi connectivity index (χ0n) is 10.9. The highest BCUT2D eigenvalue weighted by atomic mass is 16.5. The van der Waals surface area contributed by atoms with Crippen molar-refractivity contribution in [1.82, 2.24) is 5.32 Å². The monoisotopic (exact) mass is 247 g/mol. The molecule has 0 bridgehead atoms. The molecule has 1 N–H and O–H groups in total. The highest BCUT2D eigenvalue weighted by Gasteiger charge is 2.43. The van der Waals surface area contributed by atoms with E-state index in [0.29, 0.717) is 5.92 Å². The van der Waals surface area contributed by atoms with Gasteiger partial charge in [-0.15, -0.1) is 0 Å². The van der Waals surface area contributed by atoms with Crippen LogP contribution in [0.15, 0.2) is 30.3 Å². The number of carbonyl (C=O) groups is 1. The van der Waals surface area contributed by atoms with E-state index in [-0.39, 0.29) is 11.8 Å². The maximum Gasteiger partial charge on any atom is 0.223 e. The third-order valence-corrected chi connectivity index (χ3v) is 3.43. The third kappa shape index (κ3) is 3.57. The van der Waals surface area contributed by atoms with Crippen molar-refractivity contribution >= 4 is 5.91 Å². The Morgan fingerprint density at radius 3 is 2.83 bits per heavy atom. The highest BCUT2D eigenvalue weighted by molar-refractivity contribution is 5.82. The Balaban J connectivity index is 1.67. The zero-order valence-corrected chi connectivity index (χ0v) is 10.9. The molecule has 1 fully saturated rings. The first-order valence-electron chi connectivity index (χ1n) is 6.64. The molecular weight excluding hydrogens is 226 g/mol. The second kappa shape index (κ2) is 6.55. The van der Waals surface area contributed by atoms with Gasteiger partial charge in [0.25, 0.3) is 0 Å². The summed E-state index contributed by atoms with van der Waals surface area (Å²) in [4.78, 5) is 11.9. The minimum atomic E-state index is 0.190. The van der Waals surface area contributed by atoms with Crippen LogP contribution in [0.4, 0.5) is 0 Å². The first kappa shape index (κ1) is 13.1. The Kier molecular flexibility index (Phi) is 4.76. The largest absolute Gasteiger partial charge is 0.385 e. The van der Waals surface area contributed by atoms with Crippen molar-refractivity contribution in [2.45, 2.75) is 25.2 Å². The molecule has 0 radical (unpaired) electrons. The van der Waals surface area contributed by atoms with E-state index in [9.17, 15) is 4.79 Å². The minimum absolute atomic E-state index is 0.190. The van der Waals surface area contributed by atoms with Gasteiger partial charge in [0.15, 0.2) is 0 Å². The predicted molar refractivity (Wildman–Crippen MR) is 71.4 cm³/mol. The summed E-state index contributed by atoms with van der Waals surface area (Å²) in [5, 5.41) is 3.01. The number of benzene rings is 1. The van der Waals surface area contributed by atoms with Gasteiger partial charge < -0.3 is 10.1 Å². The summed E-state index contributed by atoms with van der Waals surface area (Å²) in [7, 11) is 1.70. The maximum absolute atomic E-state index is 11.9. The van der Waals surface area contributed by atoms with Gasteiger partial charge in [0.05, 0.1) is 0 Å². The van der Waals surface area contributed by atoms with E-state index >= 15 is 0 Å². The summed E-state index contributed by atoms with van der Waals surface area (Å²) in [5.74, 6) is 0.835. The minimum Gasteiger partial charge on any atom is -0.385 e. The van der Waals surface area contributed by atoms with Crippen LogP contribution in [0.1, 0.15) is 30.7 Å². The molecule has 0 heterocycles. The van der Waals surface area contributed by atoms with Gasteiger partial charge in [-0.2, -0.15) is 0 Å². The quantitative estimate of drug-likeness (QED) is 0.751. The van der Waals surface area contributed by atoms with Crippen LogP contribution >= 0.6 is 0 Å². The molecule has 2 unspecified atom stereocenters. The second-order valence-electron chi connectivity index (χ2n) is 4.85. The van der Waals surface area contributed by atoms with E-state index in [0.717, 1.165) is 32.4 Å². The number of carbonyl (C=O) groups excluding carboxylic acids is 1. The van der Waals surface area contributed by atoms with Crippen LogP contribution in [0, 0.1) is 5.92 Å². The van der Waals surface area contributed by atoms with Crippen molar-refractivity contribution in [3.63, 3.8) is 0 Å². The number of methoxy groups -OCH3 is 1. The first-order valence-corrected chi connectivity index (χ1v) is 6.64. The van der Waals surface area contributed by atoms with Crippen LogP contribution < -0.4 is 5.32 Å². The Hall–Kier alpha value is -1.35. The molecule has 0 saturated heterocycles. The standard InChI is InChI=1S/C15H21NO2/c1-18-10-6-5-9-16-15(17)14-11-13(14)12-7-3-2-4-8-12/h2-4,7-8,13-14H,5-6,9-11H2,1H3,(H,16,17). The van der Waals surface area contributed by atoms with Crippen molar-refractivity contribution in [3.05, 3.63) is 35.9 Å². The number of hydrogen-bond acceptors (Lipinski definition) is 2. The molecule has 0 aliphatic heterocycles. The smallest absolute Gasteiger partial charge is 0.223 e. The van der Waals surface area contributed by atoms with Crippen molar-refractivity contribution in [2.24, 2.45) is 5.92 Å². The predicted octanol–water partition coefficient (Wildman–Crippen LogP) is 2.33. The summed E-state index contributed by atoms with van der Waals surface area (Å²) in [6, 6.07) is 10.3. The molecule has 2 atom stereocenters. The number of nitrogens with one attached hydrogen (secondary N) is 1. The van der Waals surface area contributed by atoms with E-state index in [2.05, 4.69) is 17.4 Å². The van der Waals surface area contributed by atoms with Crippen molar-refractivity contribution < 1.29 is 9.53 Å². The first-order chi connectivity index (χ1) is 8.83. The van der Waals surface area contributed by atoms with Crippen LogP contribution in [-0.4, -0.2) is 26.2 Å². The van der Waals surface area contributed by atoms with Crippen molar-refractivity contribution in [3.8, 4) is 0 Å². The average Bonchev–Trinajstić information content (AvgIpc) is 3.20. The van der Waals surface area contributed by atoms with Crippen molar-refractivity contribution in [1.29, 1.82) is 0 Å². The Labute approximate surface area is 109 Å². The normalized spacial score (nSPS) is 21.6. The summed E-state index contributed by atoms with van der Waals surface area (Å²) >= 11 is 0. The van der Waals surface area contributed by atoms with Crippen LogP contribution in [-0.2, 0) is 9.53 Å². The number of ether oxygens (including phenoxy) is 1. The summed E-state index contributed by atoms with van der Waals surface area (Å²) < 4.78 is 4.97. The van der Waals surface area contributed by atoms with E-state index in [1.807, 2.05) is 18.2 Å². The lowest BCUT2D eigenvalue weighted by molar-refractivity contribution is -0.122. The summed E-state index contributed by atoms with van der Waals surface area (Å²) in [6.45, 7) is 1.53. The van der Waals surface area contributed by atoms with E-state index in [1.54, 1.807) is 7.11 Å². The molecule has 98 valence electrons. The SMILES string of the molecule is COCCCCNC(=O)C1CC1c1ccccc1. The van der Waals surface area contributed by atoms with Crippen LogP contribution in [0.3, 0.4) is 0 Å². The van der Waals surface area contributed by atoms with Crippen LogP contribution in [0.2, 0.25) is 0 Å². The van der Waals surface area contributed by atoms with Gasteiger partial charge in [0.1, 0.15) is 0 Å².